The van der Waals surface area contributed by atoms with Crippen molar-refractivity contribution in [2.75, 3.05) is 11.9 Å². The van der Waals surface area contributed by atoms with Gasteiger partial charge in [-0.05, 0) is 11.4 Å². The Balaban J connectivity index is 1.88. The van der Waals surface area contributed by atoms with E-state index in [0.29, 0.717) is 34.8 Å². The Morgan fingerprint density at radius 3 is 2.95 bits per heavy atom. The van der Waals surface area contributed by atoms with Crippen LogP contribution in [0.5, 0.6) is 0 Å². The fourth-order valence-electron chi connectivity index (χ4n) is 2.26. The van der Waals surface area contributed by atoms with Gasteiger partial charge in [0.1, 0.15) is 5.69 Å². The first-order chi connectivity index (χ1) is 10.7. The molecule has 112 valence electrons. The van der Waals surface area contributed by atoms with E-state index in [9.17, 15) is 14.9 Å². The highest BCUT2D eigenvalue weighted by Gasteiger charge is 2.23. The van der Waals surface area contributed by atoms with Crippen LogP contribution in [0.1, 0.15) is 21.7 Å². The van der Waals surface area contributed by atoms with Crippen molar-refractivity contribution in [3.8, 4) is 0 Å². The van der Waals surface area contributed by atoms with Crippen LogP contribution in [0.4, 0.5) is 11.4 Å². The Kier molecular flexibility index (Phi) is 3.84. The van der Waals surface area contributed by atoms with Crippen molar-refractivity contribution in [3.63, 3.8) is 0 Å². The molecule has 7 nitrogen and oxygen atoms in total. The molecule has 0 spiro atoms. The van der Waals surface area contributed by atoms with Gasteiger partial charge < -0.3 is 5.32 Å². The number of nitrogens with one attached hydrogen (secondary N) is 2. The Morgan fingerprint density at radius 2 is 2.23 bits per heavy atom. The monoisotopic (exact) mass is 316 g/mol. The maximum Gasteiger partial charge on any atom is 0.293 e. The molecule has 22 heavy (non-hydrogen) atoms. The predicted octanol–water partition coefficient (Wildman–Crippen LogP) is 2.61. The number of fused-ring (bicyclic) bond motifs is 1. The Labute approximate surface area is 129 Å². The summed E-state index contributed by atoms with van der Waals surface area (Å²) in [6.07, 6.45) is 0.582. The van der Waals surface area contributed by atoms with Crippen LogP contribution in [0.3, 0.4) is 0 Å². The van der Waals surface area contributed by atoms with Crippen molar-refractivity contribution in [2.45, 2.75) is 6.42 Å². The van der Waals surface area contributed by atoms with Crippen molar-refractivity contribution in [2.24, 2.45) is 5.10 Å². The van der Waals surface area contributed by atoms with E-state index in [4.69, 9.17) is 0 Å². The first-order valence-electron chi connectivity index (χ1n) is 6.59. The molecule has 0 fully saturated rings. The van der Waals surface area contributed by atoms with Crippen LogP contribution in [0, 0.1) is 10.1 Å². The second-order valence-corrected chi connectivity index (χ2v) is 5.56. The summed E-state index contributed by atoms with van der Waals surface area (Å²) in [4.78, 5) is 23.1. The number of carbonyl (C=O) groups excluding carboxylic acids is 1. The number of nitro groups is 1. The summed E-state index contributed by atoms with van der Waals surface area (Å²) >= 11 is 1.33. The van der Waals surface area contributed by atoms with Crippen LogP contribution >= 0.6 is 11.3 Å². The minimum Gasteiger partial charge on any atom is -0.379 e. The van der Waals surface area contributed by atoms with Crippen LogP contribution in [0.15, 0.2) is 40.8 Å². The van der Waals surface area contributed by atoms with Crippen molar-refractivity contribution in [1.29, 1.82) is 0 Å². The van der Waals surface area contributed by atoms with E-state index in [1.807, 2.05) is 5.38 Å². The topological polar surface area (TPSA) is 96.6 Å². The molecule has 2 heterocycles. The number of rotatable bonds is 3. The molecule has 2 N–H and O–H groups in total. The quantitative estimate of drug-likeness (QED) is 0.672. The molecule has 0 saturated carbocycles. The molecule has 8 heteroatoms. The number of hydrogen-bond donors (Lipinski definition) is 2. The van der Waals surface area contributed by atoms with E-state index in [2.05, 4.69) is 15.8 Å². The van der Waals surface area contributed by atoms with Crippen LogP contribution < -0.4 is 10.7 Å². The summed E-state index contributed by atoms with van der Waals surface area (Å²) < 4.78 is 0. The highest BCUT2D eigenvalue weighted by atomic mass is 32.1. The number of hydrogen-bond acceptors (Lipinski definition) is 6. The minimum absolute atomic E-state index is 0.00878. The molecule has 1 aromatic heterocycles. The number of nitrogens with zero attached hydrogens (tertiary/aromatic N) is 2. The Hall–Kier alpha value is -2.74. The summed E-state index contributed by atoms with van der Waals surface area (Å²) in [6, 6.07) is 8.31. The second-order valence-electron chi connectivity index (χ2n) is 4.61. The summed E-state index contributed by atoms with van der Waals surface area (Å²) in [5, 5.41) is 20.0. The van der Waals surface area contributed by atoms with Crippen molar-refractivity contribution in [1.82, 2.24) is 5.43 Å². The van der Waals surface area contributed by atoms with E-state index >= 15 is 0 Å². The predicted molar refractivity (Wildman–Crippen MR) is 84.5 cm³/mol. The normalized spacial score (nSPS) is 15.0. The van der Waals surface area contributed by atoms with Crippen molar-refractivity contribution >= 4 is 34.3 Å². The lowest BCUT2D eigenvalue weighted by molar-refractivity contribution is -0.384. The van der Waals surface area contributed by atoms with Gasteiger partial charge in [0, 0.05) is 24.6 Å². The van der Waals surface area contributed by atoms with Crippen molar-refractivity contribution in [3.05, 3.63) is 56.3 Å². The molecule has 2 aromatic rings. The third-order valence-corrected chi connectivity index (χ3v) is 4.12. The number of para-hydroxylation sites is 1. The van der Waals surface area contributed by atoms with E-state index < -0.39 is 4.92 Å². The highest BCUT2D eigenvalue weighted by Crippen LogP contribution is 2.31. The fraction of sp³-hybridized carbons (Fsp3) is 0.143. The maximum absolute atomic E-state index is 11.9. The number of anilines is 1. The molecule has 1 amide bonds. The Morgan fingerprint density at radius 1 is 1.36 bits per heavy atom. The third kappa shape index (κ3) is 2.68. The average Bonchev–Trinajstić information content (AvgIpc) is 3.06. The molecule has 1 aliphatic rings. The van der Waals surface area contributed by atoms with Gasteiger partial charge in [0.2, 0.25) is 0 Å². The summed E-state index contributed by atoms with van der Waals surface area (Å²) in [5.41, 5.74) is 4.23. The van der Waals surface area contributed by atoms with Gasteiger partial charge in [-0.2, -0.15) is 5.10 Å². The molecule has 0 unspecified atom stereocenters. The van der Waals surface area contributed by atoms with Crippen molar-refractivity contribution < 1.29 is 9.72 Å². The highest BCUT2D eigenvalue weighted by molar-refractivity contribution is 7.12. The van der Waals surface area contributed by atoms with E-state index in [1.54, 1.807) is 24.3 Å². The minimum atomic E-state index is -0.432. The van der Waals surface area contributed by atoms with Gasteiger partial charge >= 0.3 is 0 Å². The molecular formula is C14H12N4O3S. The largest absolute Gasteiger partial charge is 0.379 e. The molecule has 1 aliphatic heterocycles. The Bertz CT molecular complexity index is 755. The van der Waals surface area contributed by atoms with Crippen LogP contribution in [-0.4, -0.2) is 23.1 Å². The third-order valence-electron chi connectivity index (χ3n) is 3.25. The fourth-order valence-corrected chi connectivity index (χ4v) is 2.87. The van der Waals surface area contributed by atoms with Gasteiger partial charge in [0.15, 0.2) is 0 Å². The van der Waals surface area contributed by atoms with Crippen LogP contribution in [0.2, 0.25) is 0 Å². The maximum atomic E-state index is 11.9. The smallest absolute Gasteiger partial charge is 0.293 e. The van der Waals surface area contributed by atoms with Gasteiger partial charge in [0.05, 0.1) is 15.5 Å². The van der Waals surface area contributed by atoms with Gasteiger partial charge in [-0.25, -0.2) is 5.43 Å². The summed E-state index contributed by atoms with van der Waals surface area (Å²) in [7, 11) is 0. The number of hydrazone groups is 1. The number of amides is 1. The molecule has 0 bridgehead atoms. The van der Waals surface area contributed by atoms with Gasteiger partial charge in [-0.1, -0.05) is 18.2 Å². The van der Waals surface area contributed by atoms with E-state index in [-0.39, 0.29) is 11.6 Å². The molecular weight excluding hydrogens is 304 g/mol. The molecule has 1 aromatic carbocycles. The molecule has 0 aliphatic carbocycles. The zero-order valence-electron chi connectivity index (χ0n) is 11.4. The van der Waals surface area contributed by atoms with Gasteiger partial charge in [-0.15, -0.1) is 11.3 Å². The number of thiophene rings is 1. The average molecular weight is 316 g/mol. The number of carbonyl (C=O) groups is 1. The second kappa shape index (κ2) is 5.94. The van der Waals surface area contributed by atoms with Gasteiger partial charge in [-0.3, -0.25) is 14.9 Å². The molecule has 0 saturated heterocycles. The lowest BCUT2D eigenvalue weighted by Gasteiger charge is -2.19. The molecule has 3 rings (SSSR count). The van der Waals surface area contributed by atoms with Crippen LogP contribution in [-0.2, 0) is 0 Å². The number of nitro benzene ring substituents is 1. The lowest BCUT2D eigenvalue weighted by atomic mass is 10.0. The summed E-state index contributed by atoms with van der Waals surface area (Å²) in [6.45, 7) is 0.533. The van der Waals surface area contributed by atoms with Gasteiger partial charge in [0.25, 0.3) is 11.6 Å². The first kappa shape index (κ1) is 14.2. The summed E-state index contributed by atoms with van der Waals surface area (Å²) in [5.74, 6) is -0.284. The zero-order valence-corrected chi connectivity index (χ0v) is 12.2. The first-order valence-corrected chi connectivity index (χ1v) is 7.47. The van der Waals surface area contributed by atoms with E-state index in [1.165, 1.54) is 17.4 Å². The van der Waals surface area contributed by atoms with Crippen LogP contribution in [0.25, 0.3) is 0 Å². The molecule has 0 radical (unpaired) electrons. The number of benzene rings is 1. The standard InChI is InChI=1S/C14H12N4O3S/c19-14(12-5-2-8-22-12)17-16-10-6-7-15-13-9(10)3-1-4-11(13)18(20)21/h1-5,8,15H,6-7H2,(H,17,19)/b16-10+. The lowest BCUT2D eigenvalue weighted by Crippen LogP contribution is -2.24. The SMILES string of the molecule is O=C(N/N=C1\CCNc2c1cccc2[N+](=O)[O-])c1cccs1. The molecule has 0 atom stereocenters. The van der Waals surface area contributed by atoms with E-state index in [0.717, 1.165) is 0 Å². The zero-order chi connectivity index (χ0) is 15.5.